The number of rotatable bonds is 7. The van der Waals surface area contributed by atoms with Gasteiger partial charge in [0, 0.05) is 50.9 Å². The van der Waals surface area contributed by atoms with E-state index in [0.717, 1.165) is 29.9 Å². The Bertz CT molecular complexity index is 1250. The highest BCUT2D eigenvalue weighted by Gasteiger charge is 2.23. The van der Waals surface area contributed by atoms with Crippen LogP contribution in [0, 0.1) is 0 Å². The van der Waals surface area contributed by atoms with Crippen molar-refractivity contribution in [1.82, 2.24) is 24.7 Å². The number of aryl methyl sites for hydroxylation is 1. The molecule has 0 bridgehead atoms. The van der Waals surface area contributed by atoms with E-state index in [-0.39, 0.29) is 18.0 Å². The van der Waals surface area contributed by atoms with Crippen molar-refractivity contribution in [2.45, 2.75) is 26.4 Å². The van der Waals surface area contributed by atoms with Crippen LogP contribution < -0.4 is 20.1 Å². The van der Waals surface area contributed by atoms with Gasteiger partial charge in [-0.2, -0.15) is 0 Å². The Kier molecular flexibility index (Phi) is 7.64. The van der Waals surface area contributed by atoms with Crippen LogP contribution >= 0.6 is 0 Å². The van der Waals surface area contributed by atoms with Crippen molar-refractivity contribution < 1.29 is 19.1 Å². The Morgan fingerprint density at radius 1 is 1.03 bits per heavy atom. The molecule has 2 N–H and O–H groups in total. The lowest BCUT2D eigenvalue weighted by Crippen LogP contribution is -2.49. The van der Waals surface area contributed by atoms with Crippen LogP contribution in [0.2, 0.25) is 0 Å². The van der Waals surface area contributed by atoms with Crippen LogP contribution in [-0.4, -0.2) is 77.7 Å². The molecule has 1 aromatic heterocycles. The lowest BCUT2D eigenvalue weighted by Gasteiger charge is -2.34. The summed E-state index contributed by atoms with van der Waals surface area (Å²) in [5, 5.41) is 5.86. The van der Waals surface area contributed by atoms with Gasteiger partial charge in [0.15, 0.2) is 0 Å². The van der Waals surface area contributed by atoms with Gasteiger partial charge in [-0.1, -0.05) is 0 Å². The van der Waals surface area contributed by atoms with E-state index in [1.165, 1.54) is 0 Å². The van der Waals surface area contributed by atoms with Crippen LogP contribution in [0.3, 0.4) is 0 Å². The number of aromatic nitrogens is 2. The lowest BCUT2D eigenvalue weighted by atomic mass is 10.2. The number of anilines is 1. The summed E-state index contributed by atoms with van der Waals surface area (Å²) in [5.74, 6) is 2.05. The molecular weight excluding hydrogens is 460 g/mol. The average molecular weight is 495 g/mol. The zero-order valence-electron chi connectivity index (χ0n) is 21.5. The molecule has 1 aliphatic rings. The summed E-state index contributed by atoms with van der Waals surface area (Å²) >= 11 is 0. The van der Waals surface area contributed by atoms with E-state index in [2.05, 4.69) is 20.1 Å². The number of carbonyl (C=O) groups excluding carboxylic acids is 2. The molecule has 0 atom stereocenters. The minimum atomic E-state index is -0.170. The van der Waals surface area contributed by atoms with Gasteiger partial charge in [0.25, 0.3) is 5.91 Å². The molecule has 192 valence electrons. The zero-order valence-corrected chi connectivity index (χ0v) is 21.5. The second kappa shape index (κ2) is 10.9. The molecule has 3 amide bonds. The van der Waals surface area contributed by atoms with Gasteiger partial charge in [-0.25, -0.2) is 9.78 Å². The number of hydrogen-bond acceptors (Lipinski definition) is 6. The van der Waals surface area contributed by atoms with Gasteiger partial charge in [0.1, 0.15) is 17.3 Å². The lowest BCUT2D eigenvalue weighted by molar-refractivity contribution is 0.0943. The number of methoxy groups -OCH3 is 2. The second-order valence-corrected chi connectivity index (χ2v) is 9.18. The highest BCUT2D eigenvalue weighted by atomic mass is 16.5. The number of benzene rings is 2. The molecule has 0 aliphatic carbocycles. The number of hydrogen-bond donors (Lipinski definition) is 2. The second-order valence-electron chi connectivity index (χ2n) is 9.18. The third-order valence-electron chi connectivity index (χ3n) is 6.33. The number of piperazine rings is 1. The predicted molar refractivity (Wildman–Crippen MR) is 139 cm³/mol. The minimum absolute atomic E-state index is 0.0748. The van der Waals surface area contributed by atoms with Crippen molar-refractivity contribution in [1.29, 1.82) is 0 Å². The van der Waals surface area contributed by atoms with Crippen molar-refractivity contribution in [3.63, 3.8) is 0 Å². The fourth-order valence-electron chi connectivity index (χ4n) is 4.29. The first-order chi connectivity index (χ1) is 17.3. The third kappa shape index (κ3) is 5.54. The summed E-state index contributed by atoms with van der Waals surface area (Å²) in [5.41, 5.74) is 2.96. The normalized spacial score (nSPS) is 14.2. The van der Waals surface area contributed by atoms with E-state index in [9.17, 15) is 9.59 Å². The summed E-state index contributed by atoms with van der Waals surface area (Å²) in [6.45, 7) is 7.20. The monoisotopic (exact) mass is 494 g/mol. The first-order valence-corrected chi connectivity index (χ1v) is 12.1. The van der Waals surface area contributed by atoms with Crippen LogP contribution in [0.1, 0.15) is 30.0 Å². The fraction of sp³-hybridized carbons (Fsp3) is 0.423. The van der Waals surface area contributed by atoms with E-state index < -0.39 is 0 Å². The first-order valence-electron chi connectivity index (χ1n) is 12.1. The maximum atomic E-state index is 12.9. The van der Waals surface area contributed by atoms with Gasteiger partial charge in [-0.05, 0) is 44.2 Å². The maximum absolute atomic E-state index is 12.9. The molecule has 2 heterocycles. The highest BCUT2D eigenvalue weighted by Crippen LogP contribution is 2.29. The summed E-state index contributed by atoms with van der Waals surface area (Å²) < 4.78 is 12.7. The Labute approximate surface area is 211 Å². The smallest absolute Gasteiger partial charge is 0.322 e. The molecule has 1 saturated heterocycles. The summed E-state index contributed by atoms with van der Waals surface area (Å²) in [6.07, 6.45) is 0. The van der Waals surface area contributed by atoms with E-state index in [1.807, 2.05) is 39.1 Å². The molecule has 2 aromatic carbocycles. The number of urea groups is 1. The molecule has 0 unspecified atom stereocenters. The van der Waals surface area contributed by atoms with Crippen LogP contribution in [0.4, 0.5) is 10.5 Å². The Morgan fingerprint density at radius 3 is 2.44 bits per heavy atom. The van der Waals surface area contributed by atoms with E-state index in [4.69, 9.17) is 14.5 Å². The van der Waals surface area contributed by atoms with Crippen molar-refractivity contribution in [2.24, 2.45) is 7.05 Å². The Balaban J connectivity index is 1.37. The number of amides is 3. The van der Waals surface area contributed by atoms with Gasteiger partial charge < -0.3 is 29.6 Å². The number of carbonyl (C=O) groups is 2. The van der Waals surface area contributed by atoms with Crippen LogP contribution in [-0.2, 0) is 13.6 Å². The van der Waals surface area contributed by atoms with Crippen LogP contribution in [0.15, 0.2) is 36.4 Å². The number of nitrogens with zero attached hydrogens (tertiary/aromatic N) is 4. The van der Waals surface area contributed by atoms with Gasteiger partial charge >= 0.3 is 6.03 Å². The predicted octanol–water partition coefficient (Wildman–Crippen LogP) is 3.08. The fourth-order valence-corrected chi connectivity index (χ4v) is 4.29. The highest BCUT2D eigenvalue weighted by molar-refractivity contribution is 5.97. The van der Waals surface area contributed by atoms with Gasteiger partial charge in [0.05, 0.1) is 37.5 Å². The summed E-state index contributed by atoms with van der Waals surface area (Å²) in [6, 6.07) is 10.8. The molecule has 10 nitrogen and oxygen atoms in total. The van der Waals surface area contributed by atoms with Crippen molar-refractivity contribution in [2.75, 3.05) is 45.7 Å². The van der Waals surface area contributed by atoms with E-state index in [0.29, 0.717) is 42.4 Å². The van der Waals surface area contributed by atoms with Gasteiger partial charge in [-0.3, -0.25) is 9.69 Å². The standard InChI is InChI=1S/C26H34N6O4/c1-17(2)27-25(33)18-6-8-22-20(14-18)28-24(30(22)3)16-31-10-12-32(13-11-31)26(34)29-21-15-19(35-4)7-9-23(21)36-5/h6-9,14-15,17H,10-13,16H2,1-5H3,(H,27,33)(H,29,34). The molecular formula is C26H34N6O4. The first kappa shape index (κ1) is 25.3. The quantitative estimate of drug-likeness (QED) is 0.524. The number of nitrogens with one attached hydrogen (secondary N) is 2. The molecule has 0 saturated carbocycles. The van der Waals surface area contributed by atoms with Crippen LogP contribution in [0.5, 0.6) is 11.5 Å². The molecule has 1 aliphatic heterocycles. The number of ether oxygens (including phenoxy) is 2. The topological polar surface area (TPSA) is 101 Å². The minimum Gasteiger partial charge on any atom is -0.497 e. The van der Waals surface area contributed by atoms with E-state index >= 15 is 0 Å². The Morgan fingerprint density at radius 2 is 1.78 bits per heavy atom. The average Bonchev–Trinajstić information content (AvgIpc) is 3.18. The third-order valence-corrected chi connectivity index (χ3v) is 6.33. The maximum Gasteiger partial charge on any atom is 0.322 e. The molecule has 0 radical (unpaired) electrons. The van der Waals surface area contributed by atoms with Crippen molar-refractivity contribution in [3.8, 4) is 11.5 Å². The van der Waals surface area contributed by atoms with Crippen molar-refractivity contribution >= 4 is 28.7 Å². The number of fused-ring (bicyclic) bond motifs is 1. The molecule has 4 rings (SSSR count). The van der Waals surface area contributed by atoms with Gasteiger partial charge in [0.2, 0.25) is 0 Å². The van der Waals surface area contributed by atoms with Crippen LogP contribution in [0.25, 0.3) is 11.0 Å². The molecule has 1 fully saturated rings. The molecule has 36 heavy (non-hydrogen) atoms. The number of imidazole rings is 1. The largest absolute Gasteiger partial charge is 0.497 e. The molecule has 3 aromatic rings. The summed E-state index contributed by atoms with van der Waals surface area (Å²) in [7, 11) is 5.14. The molecule has 10 heteroatoms. The Hall–Kier alpha value is -3.79. The van der Waals surface area contributed by atoms with Gasteiger partial charge in [-0.15, -0.1) is 0 Å². The van der Waals surface area contributed by atoms with E-state index in [1.54, 1.807) is 37.3 Å². The summed E-state index contributed by atoms with van der Waals surface area (Å²) in [4.78, 5) is 34.1. The molecule has 0 spiro atoms. The van der Waals surface area contributed by atoms with Crippen molar-refractivity contribution in [3.05, 3.63) is 47.8 Å². The zero-order chi connectivity index (χ0) is 25.8. The SMILES string of the molecule is COc1ccc(OC)c(NC(=O)N2CCN(Cc3nc4cc(C(=O)NC(C)C)ccc4n3C)CC2)c1.